The van der Waals surface area contributed by atoms with Crippen LogP contribution in [0.5, 0.6) is 23.0 Å². The molecule has 4 rings (SSSR count). The van der Waals surface area contributed by atoms with E-state index in [1.807, 2.05) is 53.4 Å². The van der Waals surface area contributed by atoms with Gasteiger partial charge >= 0.3 is 0 Å². The normalized spacial score (nSPS) is 12.5. The number of hydrogen-bond acceptors (Lipinski definition) is 6. The molecule has 0 N–H and O–H groups in total. The number of amides is 1. The Bertz CT molecular complexity index is 1240. The molecule has 3 aromatic carbocycles. The highest BCUT2D eigenvalue weighted by molar-refractivity contribution is 5.85. The second-order valence-corrected chi connectivity index (χ2v) is 9.95. The summed E-state index contributed by atoms with van der Waals surface area (Å²) in [6, 6.07) is 20.2. The fourth-order valence-corrected chi connectivity index (χ4v) is 4.94. The van der Waals surface area contributed by atoms with Gasteiger partial charge < -0.3 is 28.7 Å². The van der Waals surface area contributed by atoms with Crippen LogP contribution >= 0.6 is 24.8 Å². The van der Waals surface area contributed by atoms with Crippen molar-refractivity contribution in [2.24, 2.45) is 0 Å². The van der Waals surface area contributed by atoms with E-state index in [0.717, 1.165) is 72.8 Å². The van der Waals surface area contributed by atoms with Gasteiger partial charge in [-0.1, -0.05) is 36.4 Å². The third-order valence-electron chi connectivity index (χ3n) is 7.27. The lowest BCUT2D eigenvalue weighted by molar-refractivity contribution is -0.130. The molecule has 1 heterocycles. The molecular weight excluding hydrogens is 563 g/mol. The molecule has 0 saturated carbocycles. The number of hydrogen-bond donors (Lipinski definition) is 0. The molecule has 1 amide bonds. The van der Waals surface area contributed by atoms with E-state index in [4.69, 9.17) is 18.9 Å². The minimum absolute atomic E-state index is 0. The minimum Gasteiger partial charge on any atom is -0.493 e. The van der Waals surface area contributed by atoms with Gasteiger partial charge in [-0.25, -0.2) is 0 Å². The molecule has 9 heteroatoms. The van der Waals surface area contributed by atoms with E-state index in [9.17, 15) is 4.79 Å². The average molecular weight is 606 g/mol. The van der Waals surface area contributed by atoms with Gasteiger partial charge in [0.25, 0.3) is 0 Å². The van der Waals surface area contributed by atoms with Crippen LogP contribution in [0, 0.1) is 0 Å². The van der Waals surface area contributed by atoms with Crippen molar-refractivity contribution < 1.29 is 23.7 Å². The molecule has 224 valence electrons. The summed E-state index contributed by atoms with van der Waals surface area (Å²) in [6.45, 7) is 3.80. The quantitative estimate of drug-likeness (QED) is 0.252. The van der Waals surface area contributed by atoms with E-state index in [0.29, 0.717) is 25.3 Å². The van der Waals surface area contributed by atoms with Crippen molar-refractivity contribution in [1.29, 1.82) is 0 Å². The van der Waals surface area contributed by atoms with Crippen LogP contribution in [0.15, 0.2) is 60.7 Å². The largest absolute Gasteiger partial charge is 0.493 e. The van der Waals surface area contributed by atoms with Crippen molar-refractivity contribution >= 4 is 30.7 Å². The Labute approximate surface area is 256 Å². The van der Waals surface area contributed by atoms with Crippen LogP contribution in [0.1, 0.15) is 28.7 Å². The summed E-state index contributed by atoms with van der Waals surface area (Å²) in [6.07, 6.45) is 3.05. The molecular formula is C32H42Cl2N2O5. The zero-order valence-corrected chi connectivity index (χ0v) is 26.0. The lowest BCUT2D eigenvalue weighted by atomic mass is 10.0. The second kappa shape index (κ2) is 17.0. The van der Waals surface area contributed by atoms with Crippen LogP contribution in [0.4, 0.5) is 0 Å². The summed E-state index contributed by atoms with van der Waals surface area (Å²) >= 11 is 0. The van der Waals surface area contributed by atoms with E-state index in [2.05, 4.69) is 24.1 Å². The first-order valence-corrected chi connectivity index (χ1v) is 13.5. The Balaban J connectivity index is 0.00000294. The Hall–Kier alpha value is -3.13. The number of carbonyl (C=O) groups excluding carboxylic acids is 1. The molecule has 3 aromatic rings. The van der Waals surface area contributed by atoms with Gasteiger partial charge in [0.15, 0.2) is 23.0 Å². The minimum atomic E-state index is 0. The average Bonchev–Trinajstić information content (AvgIpc) is 3.12. The summed E-state index contributed by atoms with van der Waals surface area (Å²) in [4.78, 5) is 17.4. The molecule has 0 fully saturated rings. The summed E-state index contributed by atoms with van der Waals surface area (Å²) < 4.78 is 22.5. The molecule has 0 radical (unpaired) electrons. The van der Waals surface area contributed by atoms with E-state index in [1.54, 1.807) is 21.3 Å². The first kappa shape index (κ1) is 34.1. The lowest BCUT2D eigenvalue weighted by Gasteiger charge is -2.23. The van der Waals surface area contributed by atoms with Crippen LogP contribution in [0.2, 0.25) is 0 Å². The van der Waals surface area contributed by atoms with E-state index >= 15 is 0 Å². The topological polar surface area (TPSA) is 60.5 Å². The van der Waals surface area contributed by atoms with Crippen molar-refractivity contribution in [3.8, 4) is 23.0 Å². The molecule has 1 aliphatic heterocycles. The van der Waals surface area contributed by atoms with Crippen LogP contribution < -0.4 is 18.9 Å². The SMILES string of the molecule is COc1ccc(CCN(C)CCCN2CCc3cc(OCc4ccccc4)c(OC)cc3CC2=O)cc1OC.Cl.Cl. The van der Waals surface area contributed by atoms with Crippen molar-refractivity contribution in [3.63, 3.8) is 0 Å². The third-order valence-corrected chi connectivity index (χ3v) is 7.27. The first-order valence-electron chi connectivity index (χ1n) is 13.5. The number of rotatable bonds is 13. The van der Waals surface area contributed by atoms with Crippen LogP contribution in [0.25, 0.3) is 0 Å². The van der Waals surface area contributed by atoms with E-state index in [-0.39, 0.29) is 30.7 Å². The summed E-state index contributed by atoms with van der Waals surface area (Å²) in [5.74, 6) is 3.06. The van der Waals surface area contributed by atoms with Crippen molar-refractivity contribution in [2.75, 3.05) is 54.6 Å². The maximum atomic E-state index is 13.1. The van der Waals surface area contributed by atoms with Crippen LogP contribution in [-0.2, 0) is 30.7 Å². The fraction of sp³-hybridized carbons (Fsp3) is 0.406. The Morgan fingerprint density at radius 2 is 1.46 bits per heavy atom. The highest BCUT2D eigenvalue weighted by Crippen LogP contribution is 2.33. The molecule has 0 saturated heterocycles. The van der Waals surface area contributed by atoms with Gasteiger partial charge in [0.2, 0.25) is 5.91 Å². The number of nitrogens with zero attached hydrogens (tertiary/aromatic N) is 2. The van der Waals surface area contributed by atoms with Crippen molar-refractivity contribution in [2.45, 2.75) is 32.3 Å². The summed E-state index contributed by atoms with van der Waals surface area (Å²) in [5.41, 5.74) is 4.49. The molecule has 0 aliphatic carbocycles. The van der Waals surface area contributed by atoms with Gasteiger partial charge in [0.05, 0.1) is 27.8 Å². The molecule has 0 atom stereocenters. The Morgan fingerprint density at radius 3 is 2.17 bits per heavy atom. The number of ether oxygens (including phenoxy) is 4. The number of carbonyl (C=O) groups is 1. The number of halogens is 2. The van der Waals surface area contributed by atoms with Gasteiger partial charge in [0, 0.05) is 19.6 Å². The van der Waals surface area contributed by atoms with Gasteiger partial charge in [-0.05, 0) is 79.4 Å². The first-order chi connectivity index (χ1) is 19.0. The number of likely N-dealkylation sites (N-methyl/N-ethyl adjacent to an activating group) is 1. The number of benzene rings is 3. The number of methoxy groups -OCH3 is 3. The second-order valence-electron chi connectivity index (χ2n) is 9.95. The van der Waals surface area contributed by atoms with Crippen LogP contribution in [-0.4, -0.2) is 70.3 Å². The van der Waals surface area contributed by atoms with Gasteiger partial charge in [0.1, 0.15) is 6.61 Å². The van der Waals surface area contributed by atoms with Gasteiger partial charge in [-0.2, -0.15) is 0 Å². The van der Waals surface area contributed by atoms with Crippen molar-refractivity contribution in [3.05, 3.63) is 82.9 Å². The van der Waals surface area contributed by atoms with Crippen LogP contribution in [0.3, 0.4) is 0 Å². The Kier molecular flexibility index (Phi) is 14.1. The lowest BCUT2D eigenvalue weighted by Crippen LogP contribution is -2.35. The fourth-order valence-electron chi connectivity index (χ4n) is 4.94. The highest BCUT2D eigenvalue weighted by Gasteiger charge is 2.23. The summed E-state index contributed by atoms with van der Waals surface area (Å²) in [7, 11) is 7.08. The maximum absolute atomic E-state index is 13.1. The predicted octanol–water partition coefficient (Wildman–Crippen LogP) is 5.63. The zero-order valence-electron chi connectivity index (χ0n) is 24.4. The molecule has 41 heavy (non-hydrogen) atoms. The van der Waals surface area contributed by atoms with Crippen molar-refractivity contribution in [1.82, 2.24) is 9.80 Å². The predicted molar refractivity (Wildman–Crippen MR) is 168 cm³/mol. The molecule has 0 bridgehead atoms. The summed E-state index contributed by atoms with van der Waals surface area (Å²) in [5, 5.41) is 0. The molecule has 7 nitrogen and oxygen atoms in total. The molecule has 0 unspecified atom stereocenters. The molecule has 0 spiro atoms. The third kappa shape index (κ3) is 9.45. The van der Waals surface area contributed by atoms with Gasteiger partial charge in [-0.15, -0.1) is 24.8 Å². The standard InChI is InChI=1S/C32H40N2O5.2ClH/c1-33(17-13-24-11-12-28(36-2)29(19-24)37-3)15-8-16-34-18-14-26-20-31(39-23-25-9-6-5-7-10-25)30(38-4)21-27(26)22-32(34)35;;/h5-7,9-12,19-21H,8,13-18,22-23H2,1-4H3;2*1H. The van der Waals surface area contributed by atoms with E-state index in [1.165, 1.54) is 5.56 Å². The van der Waals surface area contributed by atoms with Gasteiger partial charge in [-0.3, -0.25) is 4.79 Å². The molecule has 0 aromatic heterocycles. The smallest absolute Gasteiger partial charge is 0.227 e. The monoisotopic (exact) mass is 604 g/mol. The number of fused-ring (bicyclic) bond motifs is 1. The highest BCUT2D eigenvalue weighted by atomic mass is 35.5. The Morgan fingerprint density at radius 1 is 0.780 bits per heavy atom. The maximum Gasteiger partial charge on any atom is 0.227 e. The zero-order chi connectivity index (χ0) is 27.6. The van der Waals surface area contributed by atoms with E-state index < -0.39 is 0 Å². The molecule has 1 aliphatic rings.